The van der Waals surface area contributed by atoms with Gasteiger partial charge in [0.1, 0.15) is 24.8 Å². The van der Waals surface area contributed by atoms with Crippen molar-refractivity contribution in [3.8, 4) is 5.75 Å². The molecule has 0 saturated heterocycles. The van der Waals surface area contributed by atoms with Crippen LogP contribution in [0.4, 0.5) is 0 Å². The minimum Gasteiger partial charge on any atom is -0.492 e. The molecule has 0 aliphatic carbocycles. The molecule has 0 spiro atoms. The third-order valence-electron chi connectivity index (χ3n) is 5.21. The molecule has 166 valence electrons. The molecule has 0 aliphatic rings. The zero-order chi connectivity index (χ0) is 22.3. The predicted molar refractivity (Wildman–Crippen MR) is 124 cm³/mol. The molecule has 1 heterocycles. The van der Waals surface area contributed by atoms with Gasteiger partial charge in [0.2, 0.25) is 5.91 Å². The Morgan fingerprint density at radius 1 is 1.10 bits per heavy atom. The first-order chi connectivity index (χ1) is 14.9. The van der Waals surface area contributed by atoms with Crippen LogP contribution in [-0.4, -0.2) is 42.3 Å². The van der Waals surface area contributed by atoms with Crippen molar-refractivity contribution in [2.45, 2.75) is 45.6 Å². The lowest BCUT2D eigenvalue weighted by molar-refractivity contribution is -0.124. The largest absolute Gasteiger partial charge is 0.492 e. The summed E-state index contributed by atoms with van der Waals surface area (Å²) in [7, 11) is 1.52. The van der Waals surface area contributed by atoms with E-state index in [4.69, 9.17) is 14.5 Å². The van der Waals surface area contributed by atoms with Crippen molar-refractivity contribution in [1.82, 2.24) is 14.9 Å². The molecular formula is C25H33N3O3. The van der Waals surface area contributed by atoms with E-state index in [1.807, 2.05) is 30.3 Å². The lowest BCUT2D eigenvalue weighted by Crippen LogP contribution is -2.28. The Bertz CT molecular complexity index is 987. The number of rotatable bonds is 10. The molecule has 1 N–H and O–H groups in total. The number of hydrogen-bond acceptors (Lipinski definition) is 4. The van der Waals surface area contributed by atoms with Crippen molar-refractivity contribution in [1.29, 1.82) is 0 Å². The second-order valence-corrected chi connectivity index (χ2v) is 8.68. The van der Waals surface area contributed by atoms with Crippen LogP contribution >= 0.6 is 0 Å². The van der Waals surface area contributed by atoms with E-state index in [1.165, 1.54) is 12.7 Å². The quantitative estimate of drug-likeness (QED) is 0.499. The van der Waals surface area contributed by atoms with Crippen molar-refractivity contribution < 1.29 is 14.3 Å². The fourth-order valence-electron chi connectivity index (χ4n) is 3.53. The number of imidazole rings is 1. The van der Waals surface area contributed by atoms with Crippen LogP contribution in [0.1, 0.15) is 38.6 Å². The number of carbonyl (C=O) groups excluding carboxylic acids is 1. The Hall–Kier alpha value is -2.86. The van der Waals surface area contributed by atoms with Gasteiger partial charge in [-0.3, -0.25) is 4.79 Å². The highest BCUT2D eigenvalue weighted by atomic mass is 16.5. The first-order valence-corrected chi connectivity index (χ1v) is 10.8. The molecule has 0 bridgehead atoms. The highest BCUT2D eigenvalue weighted by molar-refractivity contribution is 5.77. The summed E-state index contributed by atoms with van der Waals surface area (Å²) < 4.78 is 13.1. The molecule has 2 aromatic carbocycles. The van der Waals surface area contributed by atoms with Gasteiger partial charge in [0.15, 0.2) is 0 Å². The predicted octanol–water partition coefficient (Wildman–Crippen LogP) is 4.11. The van der Waals surface area contributed by atoms with Crippen LogP contribution in [0, 0.1) is 0 Å². The number of aromatic nitrogens is 2. The summed E-state index contributed by atoms with van der Waals surface area (Å²) in [6.45, 7) is 8.58. The van der Waals surface area contributed by atoms with Crippen molar-refractivity contribution in [2.24, 2.45) is 0 Å². The van der Waals surface area contributed by atoms with Crippen molar-refractivity contribution >= 4 is 16.9 Å². The standard InChI is InChI=1S/C25H33N3O3/c1-25(2,3)19-11-13-20(14-12-19)31-17-16-28-22-9-6-5-8-21(22)27-23(28)10-7-15-26-24(29)18-30-4/h5-6,8-9,11-14H,7,10,15-18H2,1-4H3,(H,26,29). The van der Waals surface area contributed by atoms with Gasteiger partial charge >= 0.3 is 0 Å². The molecule has 1 aromatic heterocycles. The molecule has 1 amide bonds. The van der Waals surface area contributed by atoms with Crippen molar-refractivity contribution in [3.05, 3.63) is 59.9 Å². The molecule has 6 heteroatoms. The zero-order valence-electron chi connectivity index (χ0n) is 19.0. The van der Waals surface area contributed by atoms with Crippen LogP contribution in [0.15, 0.2) is 48.5 Å². The van der Waals surface area contributed by atoms with Crippen LogP contribution in [-0.2, 0) is 27.9 Å². The SMILES string of the molecule is COCC(=O)NCCCc1nc2ccccc2n1CCOc1ccc(C(C)(C)C)cc1. The lowest BCUT2D eigenvalue weighted by atomic mass is 9.87. The van der Waals surface area contributed by atoms with Crippen molar-refractivity contribution in [3.63, 3.8) is 0 Å². The van der Waals surface area contributed by atoms with E-state index >= 15 is 0 Å². The molecule has 0 aliphatic heterocycles. The van der Waals surface area contributed by atoms with Gasteiger partial charge < -0.3 is 19.4 Å². The second kappa shape index (κ2) is 10.4. The molecule has 6 nitrogen and oxygen atoms in total. The summed E-state index contributed by atoms with van der Waals surface area (Å²) in [5, 5.41) is 2.86. The van der Waals surface area contributed by atoms with E-state index in [9.17, 15) is 4.79 Å². The number of fused-ring (bicyclic) bond motifs is 1. The maximum absolute atomic E-state index is 11.5. The maximum atomic E-state index is 11.5. The van der Waals surface area contributed by atoms with E-state index in [0.29, 0.717) is 19.7 Å². The maximum Gasteiger partial charge on any atom is 0.245 e. The summed E-state index contributed by atoms with van der Waals surface area (Å²) in [6.07, 6.45) is 1.59. The Morgan fingerprint density at radius 2 is 1.84 bits per heavy atom. The number of para-hydroxylation sites is 2. The average molecular weight is 424 g/mol. The van der Waals surface area contributed by atoms with Crippen LogP contribution in [0.3, 0.4) is 0 Å². The number of benzene rings is 2. The summed E-state index contributed by atoms with van der Waals surface area (Å²) in [4.78, 5) is 16.3. The van der Waals surface area contributed by atoms with Crippen LogP contribution in [0.5, 0.6) is 5.75 Å². The Kier molecular flexibility index (Phi) is 7.69. The average Bonchev–Trinajstić information content (AvgIpc) is 3.09. The van der Waals surface area contributed by atoms with Crippen molar-refractivity contribution in [2.75, 3.05) is 26.9 Å². The Balaban J connectivity index is 1.61. The van der Waals surface area contributed by atoms with Gasteiger partial charge in [-0.05, 0) is 41.7 Å². The number of methoxy groups -OCH3 is 1. The number of carbonyl (C=O) groups is 1. The number of amides is 1. The van der Waals surface area contributed by atoms with Crippen LogP contribution in [0.2, 0.25) is 0 Å². The Morgan fingerprint density at radius 3 is 2.55 bits per heavy atom. The van der Waals surface area contributed by atoms with E-state index in [1.54, 1.807) is 0 Å². The number of ether oxygens (including phenoxy) is 2. The third kappa shape index (κ3) is 6.31. The lowest BCUT2D eigenvalue weighted by Gasteiger charge is -2.19. The van der Waals surface area contributed by atoms with Gasteiger partial charge in [0, 0.05) is 20.1 Å². The van der Waals surface area contributed by atoms with Gasteiger partial charge in [0.25, 0.3) is 0 Å². The van der Waals surface area contributed by atoms with E-state index in [2.05, 4.69) is 48.9 Å². The van der Waals surface area contributed by atoms with Gasteiger partial charge in [-0.25, -0.2) is 4.98 Å². The summed E-state index contributed by atoms with van der Waals surface area (Å²) >= 11 is 0. The van der Waals surface area contributed by atoms with E-state index < -0.39 is 0 Å². The molecule has 31 heavy (non-hydrogen) atoms. The third-order valence-corrected chi connectivity index (χ3v) is 5.21. The fourth-order valence-corrected chi connectivity index (χ4v) is 3.53. The smallest absolute Gasteiger partial charge is 0.245 e. The monoisotopic (exact) mass is 423 g/mol. The fraction of sp³-hybridized carbons (Fsp3) is 0.440. The minimum absolute atomic E-state index is 0.0899. The van der Waals surface area contributed by atoms with Gasteiger partial charge in [0.05, 0.1) is 17.6 Å². The van der Waals surface area contributed by atoms with Crippen LogP contribution < -0.4 is 10.1 Å². The molecular weight excluding hydrogens is 390 g/mol. The highest BCUT2D eigenvalue weighted by Crippen LogP contribution is 2.24. The number of hydrogen-bond donors (Lipinski definition) is 1. The second-order valence-electron chi connectivity index (χ2n) is 8.68. The molecule has 0 unspecified atom stereocenters. The molecule has 3 aromatic rings. The molecule has 0 atom stereocenters. The Labute approximate surface area is 184 Å². The molecule has 3 rings (SSSR count). The van der Waals surface area contributed by atoms with Crippen LogP contribution in [0.25, 0.3) is 11.0 Å². The summed E-state index contributed by atoms with van der Waals surface area (Å²) in [5.74, 6) is 1.79. The summed E-state index contributed by atoms with van der Waals surface area (Å²) in [6, 6.07) is 16.5. The number of nitrogens with zero attached hydrogens (tertiary/aromatic N) is 2. The van der Waals surface area contributed by atoms with Gasteiger partial charge in [-0.2, -0.15) is 0 Å². The van der Waals surface area contributed by atoms with E-state index in [-0.39, 0.29) is 17.9 Å². The number of nitrogens with one attached hydrogen (secondary N) is 1. The normalized spacial score (nSPS) is 11.6. The molecule has 0 fully saturated rings. The topological polar surface area (TPSA) is 65.4 Å². The first-order valence-electron chi connectivity index (χ1n) is 10.8. The number of aryl methyl sites for hydroxylation is 1. The first kappa shape index (κ1) is 22.8. The molecule has 0 radical (unpaired) electrons. The van der Waals surface area contributed by atoms with E-state index in [0.717, 1.165) is 35.4 Å². The zero-order valence-corrected chi connectivity index (χ0v) is 19.0. The summed E-state index contributed by atoms with van der Waals surface area (Å²) in [5.41, 5.74) is 3.51. The van der Waals surface area contributed by atoms with Gasteiger partial charge in [-0.15, -0.1) is 0 Å². The van der Waals surface area contributed by atoms with Gasteiger partial charge in [-0.1, -0.05) is 45.0 Å². The highest BCUT2D eigenvalue weighted by Gasteiger charge is 2.13. The minimum atomic E-state index is -0.0955. The molecule has 0 saturated carbocycles.